The summed E-state index contributed by atoms with van der Waals surface area (Å²) in [6.07, 6.45) is 3.05. The number of nitrogens with zero attached hydrogens (tertiary/aromatic N) is 2. The fourth-order valence-electron chi connectivity index (χ4n) is 0.590. The highest BCUT2D eigenvalue weighted by molar-refractivity contribution is 9.11. The van der Waals surface area contributed by atoms with Crippen LogP contribution < -0.4 is 5.32 Å². The Morgan fingerprint density at radius 2 is 2.33 bits per heavy atom. The van der Waals surface area contributed by atoms with Gasteiger partial charge in [0.2, 0.25) is 0 Å². The predicted octanol–water partition coefficient (Wildman–Crippen LogP) is 2.45. The van der Waals surface area contributed by atoms with Gasteiger partial charge in [0, 0.05) is 11.0 Å². The second kappa shape index (κ2) is 4.42. The lowest BCUT2D eigenvalue weighted by molar-refractivity contribution is 1.16. The lowest BCUT2D eigenvalue weighted by atomic mass is 10.6. The van der Waals surface area contributed by atoms with Gasteiger partial charge in [0.25, 0.3) is 0 Å². The Labute approximate surface area is 84.0 Å². The van der Waals surface area contributed by atoms with E-state index in [1.165, 1.54) is 6.20 Å². The van der Waals surface area contributed by atoms with Crippen molar-refractivity contribution in [2.24, 2.45) is 0 Å². The van der Waals surface area contributed by atoms with E-state index in [4.69, 9.17) is 11.6 Å². The fraction of sp³-hybridized carbons (Fsp3) is 0.143. The largest absolute Gasteiger partial charge is 0.364 e. The number of hydrogen-bond donors (Lipinski definition) is 1. The number of halogens is 2. The summed E-state index contributed by atoms with van der Waals surface area (Å²) < 4.78 is 0.860. The highest BCUT2D eigenvalue weighted by Gasteiger charge is 1.93. The van der Waals surface area contributed by atoms with Gasteiger partial charge in [0.05, 0.1) is 12.4 Å². The minimum Gasteiger partial charge on any atom is -0.364 e. The third-order valence-corrected chi connectivity index (χ3v) is 1.56. The molecule has 0 bridgehead atoms. The molecule has 0 unspecified atom stereocenters. The van der Waals surface area contributed by atoms with Crippen molar-refractivity contribution in [3.05, 3.63) is 28.6 Å². The molecule has 0 aliphatic rings. The molecule has 1 N–H and O–H groups in total. The standard InChI is InChI=1S/C7H7BrClN3/c1-5(8)2-11-7-4-10-6(9)3-12-7/h3-4H,1-2H2,(H,11,12). The minimum absolute atomic E-state index is 0.387. The van der Waals surface area contributed by atoms with Crippen molar-refractivity contribution >= 4 is 33.3 Å². The minimum atomic E-state index is 0.387. The fourth-order valence-corrected chi connectivity index (χ4v) is 0.828. The Hall–Kier alpha value is -0.610. The van der Waals surface area contributed by atoms with Gasteiger partial charge in [0.1, 0.15) is 11.0 Å². The first kappa shape index (κ1) is 9.48. The topological polar surface area (TPSA) is 37.8 Å². The maximum absolute atomic E-state index is 5.55. The molecule has 0 aliphatic carbocycles. The molecule has 0 aromatic carbocycles. The van der Waals surface area contributed by atoms with E-state index >= 15 is 0 Å². The Morgan fingerprint density at radius 1 is 1.58 bits per heavy atom. The Kier molecular flexibility index (Phi) is 3.49. The van der Waals surface area contributed by atoms with Crippen LogP contribution in [0.1, 0.15) is 0 Å². The van der Waals surface area contributed by atoms with Gasteiger partial charge in [0.15, 0.2) is 0 Å². The molecule has 0 fully saturated rings. The van der Waals surface area contributed by atoms with E-state index < -0.39 is 0 Å². The van der Waals surface area contributed by atoms with Gasteiger partial charge < -0.3 is 5.32 Å². The molecule has 0 saturated carbocycles. The maximum atomic E-state index is 5.55. The number of anilines is 1. The normalized spacial score (nSPS) is 9.50. The predicted molar refractivity (Wildman–Crippen MR) is 53.6 cm³/mol. The summed E-state index contributed by atoms with van der Waals surface area (Å²) in [6, 6.07) is 0. The van der Waals surface area contributed by atoms with Crippen LogP contribution in [-0.4, -0.2) is 16.5 Å². The van der Waals surface area contributed by atoms with E-state index in [9.17, 15) is 0 Å². The summed E-state index contributed by atoms with van der Waals surface area (Å²) in [5, 5.41) is 3.38. The van der Waals surface area contributed by atoms with Crippen LogP contribution in [0, 0.1) is 0 Å². The second-order valence-electron chi connectivity index (χ2n) is 2.10. The van der Waals surface area contributed by atoms with Crippen LogP contribution >= 0.6 is 27.5 Å². The number of nitrogens with one attached hydrogen (secondary N) is 1. The van der Waals surface area contributed by atoms with Crippen molar-refractivity contribution in [2.45, 2.75) is 0 Å². The van der Waals surface area contributed by atoms with Gasteiger partial charge in [-0.2, -0.15) is 0 Å². The molecule has 0 spiro atoms. The van der Waals surface area contributed by atoms with Gasteiger partial charge >= 0.3 is 0 Å². The molecule has 64 valence electrons. The zero-order valence-corrected chi connectivity index (χ0v) is 8.56. The van der Waals surface area contributed by atoms with Crippen LogP contribution in [0.5, 0.6) is 0 Å². The second-order valence-corrected chi connectivity index (χ2v) is 3.60. The van der Waals surface area contributed by atoms with Crippen molar-refractivity contribution in [1.82, 2.24) is 9.97 Å². The molecule has 1 rings (SSSR count). The van der Waals surface area contributed by atoms with Crippen molar-refractivity contribution in [2.75, 3.05) is 11.9 Å². The monoisotopic (exact) mass is 247 g/mol. The Morgan fingerprint density at radius 3 is 2.83 bits per heavy atom. The number of hydrogen-bond acceptors (Lipinski definition) is 3. The first-order chi connectivity index (χ1) is 5.68. The van der Waals surface area contributed by atoms with Crippen LogP contribution in [0.25, 0.3) is 0 Å². The van der Waals surface area contributed by atoms with Gasteiger partial charge in [-0.15, -0.1) is 0 Å². The molecule has 0 saturated heterocycles. The summed E-state index contributed by atoms with van der Waals surface area (Å²) in [6.45, 7) is 4.29. The molecule has 1 aromatic heterocycles. The van der Waals surface area contributed by atoms with E-state index in [2.05, 4.69) is 37.8 Å². The zero-order chi connectivity index (χ0) is 8.97. The molecule has 3 nitrogen and oxygen atoms in total. The van der Waals surface area contributed by atoms with E-state index in [1.54, 1.807) is 6.20 Å². The average molecular weight is 249 g/mol. The zero-order valence-electron chi connectivity index (χ0n) is 6.22. The Balaban J connectivity index is 2.53. The van der Waals surface area contributed by atoms with Crippen LogP contribution in [0.3, 0.4) is 0 Å². The van der Waals surface area contributed by atoms with Crippen LogP contribution in [0.15, 0.2) is 23.5 Å². The molecular formula is C7H7BrClN3. The average Bonchev–Trinajstić information content (AvgIpc) is 2.03. The van der Waals surface area contributed by atoms with Crippen LogP contribution in [0.4, 0.5) is 5.82 Å². The van der Waals surface area contributed by atoms with E-state index in [0.29, 0.717) is 17.5 Å². The van der Waals surface area contributed by atoms with Crippen LogP contribution in [0.2, 0.25) is 5.15 Å². The van der Waals surface area contributed by atoms with Crippen molar-refractivity contribution in [3.8, 4) is 0 Å². The quantitative estimate of drug-likeness (QED) is 0.893. The molecule has 5 heteroatoms. The van der Waals surface area contributed by atoms with Gasteiger partial charge in [-0.05, 0) is 0 Å². The van der Waals surface area contributed by atoms with Gasteiger partial charge in [-0.25, -0.2) is 9.97 Å². The lowest BCUT2D eigenvalue weighted by Gasteiger charge is -2.02. The van der Waals surface area contributed by atoms with Crippen molar-refractivity contribution in [1.29, 1.82) is 0 Å². The van der Waals surface area contributed by atoms with Gasteiger partial charge in [-0.3, -0.25) is 0 Å². The summed E-state index contributed by atoms with van der Waals surface area (Å²) >= 11 is 8.76. The maximum Gasteiger partial charge on any atom is 0.147 e. The summed E-state index contributed by atoms with van der Waals surface area (Å²) in [5.41, 5.74) is 0. The van der Waals surface area contributed by atoms with Crippen LogP contribution in [-0.2, 0) is 0 Å². The Bertz CT molecular complexity index is 272. The molecule has 12 heavy (non-hydrogen) atoms. The lowest BCUT2D eigenvalue weighted by Crippen LogP contribution is -2.02. The smallest absolute Gasteiger partial charge is 0.147 e. The summed E-state index contributed by atoms with van der Waals surface area (Å²) in [4.78, 5) is 7.84. The van der Waals surface area contributed by atoms with E-state index in [1.807, 2.05) is 0 Å². The summed E-state index contributed by atoms with van der Waals surface area (Å²) in [5.74, 6) is 0.681. The van der Waals surface area contributed by atoms with E-state index in [-0.39, 0.29) is 0 Å². The third-order valence-electron chi connectivity index (χ3n) is 1.08. The SMILES string of the molecule is C=C(Br)CNc1cnc(Cl)cn1. The van der Waals surface area contributed by atoms with Gasteiger partial charge in [-0.1, -0.05) is 34.1 Å². The number of rotatable bonds is 3. The molecule has 1 aromatic rings. The highest BCUT2D eigenvalue weighted by Crippen LogP contribution is 2.07. The molecule has 0 amide bonds. The molecule has 0 atom stereocenters. The number of aromatic nitrogens is 2. The molecule has 0 aliphatic heterocycles. The van der Waals surface area contributed by atoms with E-state index in [0.717, 1.165) is 4.48 Å². The highest BCUT2D eigenvalue weighted by atomic mass is 79.9. The van der Waals surface area contributed by atoms with Crippen molar-refractivity contribution < 1.29 is 0 Å². The third kappa shape index (κ3) is 3.19. The molecular weight excluding hydrogens is 241 g/mol. The van der Waals surface area contributed by atoms with Crippen molar-refractivity contribution in [3.63, 3.8) is 0 Å². The first-order valence-corrected chi connectivity index (χ1v) is 4.40. The molecule has 0 radical (unpaired) electrons. The summed E-state index contributed by atoms with van der Waals surface area (Å²) in [7, 11) is 0. The first-order valence-electron chi connectivity index (χ1n) is 3.23. The molecule has 1 heterocycles.